The van der Waals surface area contributed by atoms with Crippen molar-refractivity contribution in [3.05, 3.63) is 53.5 Å². The molecule has 10 heteroatoms. The zero-order valence-electron chi connectivity index (χ0n) is 19.0. The van der Waals surface area contributed by atoms with Crippen LogP contribution in [0.2, 0.25) is 0 Å². The van der Waals surface area contributed by atoms with Crippen molar-refractivity contribution in [3.8, 4) is 17.5 Å². The second-order valence-corrected chi connectivity index (χ2v) is 9.85. The smallest absolute Gasteiger partial charge is 0.270 e. The summed E-state index contributed by atoms with van der Waals surface area (Å²) in [7, 11) is -2.17. The maximum Gasteiger partial charge on any atom is 0.270 e. The van der Waals surface area contributed by atoms with Gasteiger partial charge in [-0.3, -0.25) is 9.10 Å². The lowest BCUT2D eigenvalue weighted by molar-refractivity contribution is 0.0957. The van der Waals surface area contributed by atoms with Crippen LogP contribution >= 0.6 is 0 Å². The molecule has 0 aliphatic heterocycles. The largest absolute Gasteiger partial charge is 0.378 e. The van der Waals surface area contributed by atoms with Gasteiger partial charge in [0.1, 0.15) is 17.1 Å². The van der Waals surface area contributed by atoms with Crippen molar-refractivity contribution in [2.24, 2.45) is 0 Å². The molecule has 0 spiro atoms. The molecule has 0 saturated carbocycles. The third kappa shape index (κ3) is 5.16. The summed E-state index contributed by atoms with van der Waals surface area (Å²) < 4.78 is 40.9. The number of aliphatic hydroxyl groups is 1. The number of amides is 1. The molecular formula is C23H25FN4O4S. The molecule has 174 valence electrons. The SMILES string of the molecule is CCN(c1cc2nn(-c3ccc(F)cc3)c(C(=O)NC)c2cc1C#CC(C)(C)O)S(C)(=O)=O. The van der Waals surface area contributed by atoms with Gasteiger partial charge in [-0.25, -0.2) is 17.5 Å². The Morgan fingerprint density at radius 3 is 2.42 bits per heavy atom. The lowest BCUT2D eigenvalue weighted by atomic mass is 10.1. The molecule has 0 aliphatic rings. The fourth-order valence-electron chi connectivity index (χ4n) is 3.34. The van der Waals surface area contributed by atoms with E-state index in [1.807, 2.05) is 0 Å². The first kappa shape index (κ1) is 24.2. The molecular weight excluding hydrogens is 447 g/mol. The molecule has 0 fully saturated rings. The molecule has 0 aliphatic carbocycles. The number of nitrogens with one attached hydrogen (secondary N) is 1. The van der Waals surface area contributed by atoms with Crippen LogP contribution in [-0.4, -0.2) is 54.7 Å². The van der Waals surface area contributed by atoms with Crippen LogP contribution in [0.5, 0.6) is 0 Å². The van der Waals surface area contributed by atoms with E-state index in [4.69, 9.17) is 0 Å². The van der Waals surface area contributed by atoms with Gasteiger partial charge in [0, 0.05) is 24.5 Å². The lowest BCUT2D eigenvalue weighted by Crippen LogP contribution is -2.30. The predicted molar refractivity (Wildman–Crippen MR) is 125 cm³/mol. The molecule has 2 aromatic carbocycles. The van der Waals surface area contributed by atoms with Crippen molar-refractivity contribution in [3.63, 3.8) is 0 Å². The summed E-state index contributed by atoms with van der Waals surface area (Å²) in [5.41, 5.74) is 0.240. The number of hydrogen-bond acceptors (Lipinski definition) is 5. The van der Waals surface area contributed by atoms with E-state index in [0.29, 0.717) is 22.2 Å². The monoisotopic (exact) mass is 472 g/mol. The molecule has 0 unspecified atom stereocenters. The number of halogens is 1. The summed E-state index contributed by atoms with van der Waals surface area (Å²) >= 11 is 0. The highest BCUT2D eigenvalue weighted by molar-refractivity contribution is 7.92. The number of carbonyl (C=O) groups is 1. The maximum atomic E-state index is 13.5. The van der Waals surface area contributed by atoms with Crippen molar-refractivity contribution in [2.45, 2.75) is 26.4 Å². The summed E-state index contributed by atoms with van der Waals surface area (Å²) in [6.45, 7) is 4.85. The highest BCUT2D eigenvalue weighted by Gasteiger charge is 2.24. The average Bonchev–Trinajstić information content (AvgIpc) is 3.09. The Hall–Kier alpha value is -3.42. The molecule has 0 saturated heterocycles. The summed E-state index contributed by atoms with van der Waals surface area (Å²) in [6, 6.07) is 8.60. The fourth-order valence-corrected chi connectivity index (χ4v) is 4.32. The van der Waals surface area contributed by atoms with Crippen LogP contribution in [0.15, 0.2) is 36.4 Å². The predicted octanol–water partition coefficient (Wildman–Crippen LogP) is 2.43. The minimum atomic E-state index is -3.65. The number of rotatable bonds is 5. The number of fused-ring (bicyclic) bond motifs is 1. The van der Waals surface area contributed by atoms with Gasteiger partial charge >= 0.3 is 0 Å². The third-order valence-electron chi connectivity index (χ3n) is 4.76. The van der Waals surface area contributed by atoms with Gasteiger partial charge in [-0.2, -0.15) is 5.10 Å². The van der Waals surface area contributed by atoms with Crippen molar-refractivity contribution >= 4 is 32.5 Å². The number of sulfonamides is 1. The quantitative estimate of drug-likeness (QED) is 0.555. The number of aromatic nitrogens is 2. The number of nitrogens with zero attached hydrogens (tertiary/aromatic N) is 3. The minimum absolute atomic E-state index is 0.141. The summed E-state index contributed by atoms with van der Waals surface area (Å²) in [5.74, 6) is 4.67. The number of carbonyl (C=O) groups excluding carboxylic acids is 1. The van der Waals surface area contributed by atoms with Gasteiger partial charge in [-0.05, 0) is 57.2 Å². The second kappa shape index (κ2) is 8.84. The topological polar surface area (TPSA) is 105 Å². The Bertz CT molecular complexity index is 1380. The first-order valence-electron chi connectivity index (χ1n) is 10.1. The van der Waals surface area contributed by atoms with Crippen LogP contribution in [0.1, 0.15) is 36.8 Å². The summed E-state index contributed by atoms with van der Waals surface area (Å²) in [6.07, 6.45) is 1.08. The zero-order valence-corrected chi connectivity index (χ0v) is 19.8. The Morgan fingerprint density at radius 2 is 1.91 bits per heavy atom. The highest BCUT2D eigenvalue weighted by atomic mass is 32.2. The standard InChI is InChI=1S/C23H25FN4O4S/c1-6-27(33(5,31)32)20-14-19-18(13-15(20)11-12-23(2,3)30)21(22(29)25-4)28(26-19)17-9-7-16(24)8-10-17/h7-10,13-14,30H,6H2,1-5H3,(H,25,29). The zero-order chi connectivity index (χ0) is 24.6. The first-order valence-corrected chi connectivity index (χ1v) is 12.0. The molecule has 1 amide bonds. The molecule has 3 rings (SSSR count). The van der Waals surface area contributed by atoms with Gasteiger partial charge in [0.05, 0.1) is 23.1 Å². The molecule has 3 aromatic rings. The van der Waals surface area contributed by atoms with Crippen LogP contribution in [0, 0.1) is 17.7 Å². The molecule has 2 N–H and O–H groups in total. The Morgan fingerprint density at radius 1 is 1.27 bits per heavy atom. The lowest BCUT2D eigenvalue weighted by Gasteiger charge is -2.22. The van der Waals surface area contributed by atoms with E-state index in [1.165, 1.54) is 54.1 Å². The summed E-state index contributed by atoms with van der Waals surface area (Å²) in [4.78, 5) is 12.8. The van der Waals surface area contributed by atoms with Gasteiger partial charge < -0.3 is 10.4 Å². The Labute approximate surface area is 192 Å². The fraction of sp³-hybridized carbons (Fsp3) is 0.304. The van der Waals surface area contributed by atoms with E-state index in [0.717, 1.165) is 6.26 Å². The first-order chi connectivity index (χ1) is 15.4. The van der Waals surface area contributed by atoms with Crippen molar-refractivity contribution in [2.75, 3.05) is 24.2 Å². The third-order valence-corrected chi connectivity index (χ3v) is 6.02. The van der Waals surface area contributed by atoms with E-state index in [2.05, 4.69) is 22.3 Å². The van der Waals surface area contributed by atoms with E-state index < -0.39 is 27.3 Å². The maximum absolute atomic E-state index is 13.5. The number of benzene rings is 2. The molecule has 1 aromatic heterocycles. The van der Waals surface area contributed by atoms with E-state index in [9.17, 15) is 22.7 Å². The van der Waals surface area contributed by atoms with Crippen molar-refractivity contribution < 1.29 is 22.7 Å². The molecule has 0 radical (unpaired) electrons. The molecule has 33 heavy (non-hydrogen) atoms. The van der Waals surface area contributed by atoms with Crippen LogP contribution in [0.4, 0.5) is 10.1 Å². The average molecular weight is 473 g/mol. The Kier molecular flexibility index (Phi) is 6.49. The number of anilines is 1. The van der Waals surface area contributed by atoms with E-state index in [-0.39, 0.29) is 17.9 Å². The molecule has 1 heterocycles. The molecule has 0 atom stereocenters. The molecule has 8 nitrogen and oxygen atoms in total. The molecule has 0 bridgehead atoms. The van der Waals surface area contributed by atoms with E-state index >= 15 is 0 Å². The van der Waals surface area contributed by atoms with Crippen LogP contribution < -0.4 is 9.62 Å². The van der Waals surface area contributed by atoms with Crippen molar-refractivity contribution in [1.82, 2.24) is 15.1 Å². The van der Waals surface area contributed by atoms with Gasteiger partial charge in [-0.15, -0.1) is 0 Å². The highest BCUT2D eigenvalue weighted by Crippen LogP contribution is 2.31. The van der Waals surface area contributed by atoms with Crippen LogP contribution in [0.25, 0.3) is 16.6 Å². The van der Waals surface area contributed by atoms with Gasteiger partial charge in [0.15, 0.2) is 0 Å². The van der Waals surface area contributed by atoms with Crippen molar-refractivity contribution in [1.29, 1.82) is 0 Å². The number of hydrogen-bond donors (Lipinski definition) is 2. The van der Waals surface area contributed by atoms with Crippen LogP contribution in [-0.2, 0) is 10.0 Å². The summed E-state index contributed by atoms with van der Waals surface area (Å²) in [5, 5.41) is 17.6. The van der Waals surface area contributed by atoms with Gasteiger partial charge in [0.25, 0.3) is 5.91 Å². The second-order valence-electron chi connectivity index (χ2n) is 7.94. The van der Waals surface area contributed by atoms with Gasteiger partial charge in [0.2, 0.25) is 10.0 Å². The van der Waals surface area contributed by atoms with E-state index in [1.54, 1.807) is 19.1 Å². The van der Waals surface area contributed by atoms with Gasteiger partial charge in [-0.1, -0.05) is 11.8 Å². The minimum Gasteiger partial charge on any atom is -0.378 e. The normalized spacial score (nSPS) is 11.7. The van der Waals surface area contributed by atoms with Crippen LogP contribution in [0.3, 0.4) is 0 Å². The Balaban J connectivity index is 2.41.